The van der Waals surface area contributed by atoms with E-state index >= 15 is 0 Å². The molecule has 0 radical (unpaired) electrons. The first-order valence-corrected chi connectivity index (χ1v) is 11.2. The second kappa shape index (κ2) is 10.3. The molecule has 2 aliphatic carbocycles. The first kappa shape index (κ1) is 24.1. The molecule has 147 valence electrons. The molecular formula is C26H25Cl2Zr. The molecule has 0 bridgehead atoms. The van der Waals surface area contributed by atoms with Gasteiger partial charge in [-0.25, -0.2) is 0 Å². The van der Waals surface area contributed by atoms with Crippen LogP contribution in [0, 0.1) is 5.92 Å². The van der Waals surface area contributed by atoms with E-state index in [0.29, 0.717) is 3.63 Å². The van der Waals surface area contributed by atoms with E-state index < -0.39 is 0 Å². The Hall–Kier alpha value is -1.14. The minimum atomic E-state index is 0. The second-order valence-electron chi connectivity index (χ2n) is 7.83. The molecular weight excluding hydrogens is 474 g/mol. The van der Waals surface area contributed by atoms with Crippen LogP contribution >= 0.6 is 0 Å². The van der Waals surface area contributed by atoms with Crippen LogP contribution in [0.15, 0.2) is 84.0 Å². The number of allylic oxidation sites excluding steroid dienone is 4. The molecule has 1 unspecified atom stereocenters. The Balaban J connectivity index is 0.000000236. The topological polar surface area (TPSA) is 0 Å². The van der Waals surface area contributed by atoms with Gasteiger partial charge in [-0.3, -0.25) is 0 Å². The quantitative estimate of drug-likeness (QED) is 0.475. The van der Waals surface area contributed by atoms with Crippen molar-refractivity contribution < 1.29 is 49.5 Å². The van der Waals surface area contributed by atoms with E-state index in [9.17, 15) is 0 Å². The molecule has 0 saturated carbocycles. The minimum absolute atomic E-state index is 0. The summed E-state index contributed by atoms with van der Waals surface area (Å²) in [4.78, 5) is 0. The van der Waals surface area contributed by atoms with Crippen LogP contribution in [-0.2, 0) is 24.7 Å². The summed E-state index contributed by atoms with van der Waals surface area (Å²) in [6, 6.07) is 22.2. The van der Waals surface area contributed by atoms with Crippen LogP contribution < -0.4 is 24.8 Å². The van der Waals surface area contributed by atoms with Crippen LogP contribution in [0.5, 0.6) is 0 Å². The summed E-state index contributed by atoms with van der Waals surface area (Å²) < 4.78 is 0.605. The maximum atomic E-state index is 2.38. The first-order chi connectivity index (χ1) is 13.0. The molecule has 3 aromatic rings. The Morgan fingerprint density at radius 1 is 0.828 bits per heavy atom. The molecule has 0 nitrogen and oxygen atoms in total. The summed E-state index contributed by atoms with van der Waals surface area (Å²) in [6.45, 7) is 6.66. The molecule has 3 heteroatoms. The van der Waals surface area contributed by atoms with Gasteiger partial charge in [0.2, 0.25) is 0 Å². The van der Waals surface area contributed by atoms with Gasteiger partial charge in [0.25, 0.3) is 0 Å². The average Bonchev–Trinajstić information content (AvgIpc) is 3.24. The third kappa shape index (κ3) is 4.96. The second-order valence-corrected chi connectivity index (χ2v) is 9.25. The number of fused-ring (bicyclic) bond motifs is 4. The molecule has 0 spiro atoms. The van der Waals surface area contributed by atoms with Gasteiger partial charge < -0.3 is 24.8 Å². The number of halogens is 2. The van der Waals surface area contributed by atoms with E-state index in [0.717, 1.165) is 5.92 Å². The summed E-state index contributed by atoms with van der Waals surface area (Å²) in [5, 5.41) is 2.70. The number of hydrogen-bond donors (Lipinski definition) is 0. The van der Waals surface area contributed by atoms with Gasteiger partial charge in [-0.2, -0.15) is 0 Å². The third-order valence-electron chi connectivity index (χ3n) is 5.61. The van der Waals surface area contributed by atoms with Crippen molar-refractivity contribution >= 4 is 10.8 Å². The Kier molecular flexibility index (Phi) is 8.53. The zero-order valence-electron chi connectivity index (χ0n) is 17.0. The van der Waals surface area contributed by atoms with Crippen LogP contribution in [0.3, 0.4) is 0 Å². The molecule has 0 saturated heterocycles. The number of rotatable bonds is 1. The fraction of sp³-hybridized carbons (Fsp3) is 0.231. The summed E-state index contributed by atoms with van der Waals surface area (Å²) in [5.74, 6) is 0.735. The van der Waals surface area contributed by atoms with Gasteiger partial charge in [-0.15, -0.1) is 0 Å². The van der Waals surface area contributed by atoms with Crippen molar-refractivity contribution in [2.45, 2.75) is 30.8 Å². The Bertz CT molecular complexity index is 1060. The fourth-order valence-electron chi connectivity index (χ4n) is 3.98. The Morgan fingerprint density at radius 3 is 2.03 bits per heavy atom. The molecule has 0 fully saturated rings. The molecule has 0 N–H and O–H groups in total. The summed E-state index contributed by atoms with van der Waals surface area (Å²) >= 11 is 1.58. The monoisotopic (exact) mass is 497 g/mol. The van der Waals surface area contributed by atoms with Gasteiger partial charge in [0.1, 0.15) is 0 Å². The number of hydrogen-bond acceptors (Lipinski definition) is 0. The Morgan fingerprint density at radius 2 is 1.45 bits per heavy atom. The standard InChI is InChI=1S/C17H11.C9H14.2ClH.Zr/c1-2-6-13-11-17-15(9-12(13)5-1)10-14-7-3-4-8-16(14)17;1-7(2)9-5-4-8(3)6-9;;;/h1-11H;4,6-7H,5H2,1-3H3;2*1H;/q;;;;+2/p-2. The molecule has 2 aliphatic rings. The van der Waals surface area contributed by atoms with Crippen molar-refractivity contribution in [3.05, 3.63) is 95.1 Å². The van der Waals surface area contributed by atoms with Crippen LogP contribution in [0.2, 0.25) is 0 Å². The molecule has 0 heterocycles. The summed E-state index contributed by atoms with van der Waals surface area (Å²) in [5.41, 5.74) is 8.88. The zero-order valence-corrected chi connectivity index (χ0v) is 21.0. The van der Waals surface area contributed by atoms with Crippen molar-refractivity contribution in [3.63, 3.8) is 0 Å². The van der Waals surface area contributed by atoms with Gasteiger partial charge in [-0.05, 0) is 19.3 Å². The maximum absolute atomic E-state index is 2.38. The predicted octanol–water partition coefficient (Wildman–Crippen LogP) is 1.38. The summed E-state index contributed by atoms with van der Waals surface area (Å²) in [6.07, 6.45) is 5.77. The first-order valence-electron chi connectivity index (χ1n) is 9.75. The van der Waals surface area contributed by atoms with E-state index in [-0.39, 0.29) is 24.8 Å². The van der Waals surface area contributed by atoms with Gasteiger partial charge in [0.15, 0.2) is 0 Å². The van der Waals surface area contributed by atoms with Crippen LogP contribution in [0.1, 0.15) is 41.9 Å². The van der Waals surface area contributed by atoms with Crippen molar-refractivity contribution in [3.8, 4) is 11.1 Å². The summed E-state index contributed by atoms with van der Waals surface area (Å²) in [7, 11) is 0. The molecule has 3 aromatic carbocycles. The molecule has 29 heavy (non-hydrogen) atoms. The van der Waals surface area contributed by atoms with Crippen molar-refractivity contribution in [2.24, 2.45) is 5.92 Å². The van der Waals surface area contributed by atoms with Crippen molar-refractivity contribution in [1.82, 2.24) is 0 Å². The van der Waals surface area contributed by atoms with E-state index in [1.54, 1.807) is 30.3 Å². The zero-order chi connectivity index (χ0) is 19.0. The molecule has 5 rings (SSSR count). The predicted molar refractivity (Wildman–Crippen MR) is 113 cm³/mol. The van der Waals surface area contributed by atoms with Crippen LogP contribution in [0.4, 0.5) is 0 Å². The van der Waals surface area contributed by atoms with E-state index in [1.165, 1.54) is 45.0 Å². The molecule has 0 amide bonds. The third-order valence-corrected chi connectivity index (χ3v) is 7.13. The van der Waals surface area contributed by atoms with Gasteiger partial charge >= 0.3 is 122 Å². The number of benzene rings is 3. The van der Waals surface area contributed by atoms with E-state index in [4.69, 9.17) is 0 Å². The normalized spacial score (nSPS) is 16.0. The van der Waals surface area contributed by atoms with Crippen LogP contribution in [-0.4, -0.2) is 0 Å². The SMILES string of the molecule is CC1=CCC(C(C)C)=C1.[Cl-].[Cl-].[Zr+2][CH]1c2ccccc2-c2cc3ccccc3cc21. The van der Waals surface area contributed by atoms with Crippen LogP contribution in [0.25, 0.3) is 21.9 Å². The van der Waals surface area contributed by atoms with E-state index in [1.807, 2.05) is 0 Å². The van der Waals surface area contributed by atoms with Crippen molar-refractivity contribution in [2.75, 3.05) is 0 Å². The molecule has 0 aliphatic heterocycles. The Labute approximate surface area is 202 Å². The van der Waals surface area contributed by atoms with Gasteiger partial charge in [0, 0.05) is 0 Å². The fourth-order valence-corrected chi connectivity index (χ4v) is 5.19. The van der Waals surface area contributed by atoms with Crippen molar-refractivity contribution in [1.29, 1.82) is 0 Å². The van der Waals surface area contributed by atoms with Gasteiger partial charge in [0.05, 0.1) is 0 Å². The molecule has 0 aromatic heterocycles. The average molecular weight is 500 g/mol. The van der Waals surface area contributed by atoms with Gasteiger partial charge in [-0.1, -0.05) is 37.1 Å². The molecule has 1 atom stereocenters. The van der Waals surface area contributed by atoms with E-state index in [2.05, 4.69) is 93.6 Å².